The Hall–Kier alpha value is -1.57. The highest BCUT2D eigenvalue weighted by Gasteiger charge is 2.11. The van der Waals surface area contributed by atoms with Crippen LogP contribution in [0.15, 0.2) is 24.3 Å². The van der Waals surface area contributed by atoms with Gasteiger partial charge in [-0.05, 0) is 25.0 Å². The first-order chi connectivity index (χ1) is 7.77. The first-order valence-corrected chi connectivity index (χ1v) is 5.34. The molecule has 4 heteroatoms. The van der Waals surface area contributed by atoms with E-state index >= 15 is 0 Å². The van der Waals surface area contributed by atoms with Crippen LogP contribution in [0.2, 0.25) is 0 Å². The van der Waals surface area contributed by atoms with Gasteiger partial charge in [-0.2, -0.15) is 5.26 Å². The quantitative estimate of drug-likeness (QED) is 0.696. The topological polar surface area (TPSA) is 85.1 Å². The summed E-state index contributed by atoms with van der Waals surface area (Å²) < 4.78 is 5.18. The summed E-state index contributed by atoms with van der Waals surface area (Å²) in [6, 6.07) is 8.96. The van der Waals surface area contributed by atoms with Gasteiger partial charge in [0.25, 0.3) is 0 Å². The van der Waals surface area contributed by atoms with Crippen LogP contribution >= 0.6 is 0 Å². The monoisotopic (exact) mass is 219 g/mol. The zero-order valence-corrected chi connectivity index (χ0v) is 9.23. The van der Waals surface area contributed by atoms with Crippen LogP contribution in [0.1, 0.15) is 18.4 Å². The third-order valence-corrected chi connectivity index (χ3v) is 2.37. The van der Waals surface area contributed by atoms with Crippen LogP contribution in [0.3, 0.4) is 0 Å². The van der Waals surface area contributed by atoms with Crippen LogP contribution in [0, 0.1) is 11.3 Å². The van der Waals surface area contributed by atoms with E-state index in [1.54, 1.807) is 24.3 Å². The lowest BCUT2D eigenvalue weighted by molar-refractivity contribution is 0.117. The lowest BCUT2D eigenvalue weighted by atomic mass is 10.2. The molecule has 4 N–H and O–H groups in total. The predicted octanol–water partition coefficient (Wildman–Crippen LogP) is 1.26. The molecule has 0 saturated carbocycles. The molecule has 1 fully saturated rings. The smallest absolute Gasteiger partial charge is 0.101 e. The van der Waals surface area contributed by atoms with Crippen molar-refractivity contribution in [1.29, 1.82) is 5.26 Å². The minimum Gasteiger partial charge on any atom is -0.398 e. The molecule has 1 saturated heterocycles. The third kappa shape index (κ3) is 3.89. The molecule has 4 nitrogen and oxygen atoms in total. The maximum absolute atomic E-state index is 8.39. The van der Waals surface area contributed by atoms with Gasteiger partial charge in [0.05, 0.1) is 11.7 Å². The lowest BCUT2D eigenvalue weighted by Gasteiger charge is -2.01. The second kappa shape index (κ2) is 6.83. The molecule has 0 aliphatic carbocycles. The maximum atomic E-state index is 8.39. The molecule has 1 aliphatic rings. The first kappa shape index (κ1) is 12.5. The molecule has 1 aromatic rings. The summed E-state index contributed by atoms with van der Waals surface area (Å²) in [7, 11) is 0. The number of anilines is 1. The number of nitrogens with two attached hydrogens (primary N) is 2. The second-order valence-corrected chi connectivity index (χ2v) is 3.57. The molecule has 1 aromatic carbocycles. The van der Waals surface area contributed by atoms with Crippen LogP contribution < -0.4 is 11.5 Å². The highest BCUT2D eigenvalue weighted by atomic mass is 16.5. The van der Waals surface area contributed by atoms with Crippen LogP contribution in [0.5, 0.6) is 0 Å². The van der Waals surface area contributed by atoms with Crippen molar-refractivity contribution in [3.05, 3.63) is 29.8 Å². The Balaban J connectivity index is 0.000000165. The van der Waals surface area contributed by atoms with E-state index in [9.17, 15) is 0 Å². The number of nitrogen functional groups attached to an aromatic ring is 1. The summed E-state index contributed by atoms with van der Waals surface area (Å²) in [5.41, 5.74) is 11.8. The number of para-hydroxylation sites is 1. The van der Waals surface area contributed by atoms with Crippen LogP contribution in [0.25, 0.3) is 0 Å². The normalized spacial score (nSPS) is 18.4. The average Bonchev–Trinajstić information content (AvgIpc) is 2.83. The van der Waals surface area contributed by atoms with Crippen molar-refractivity contribution in [3.8, 4) is 6.07 Å². The Labute approximate surface area is 95.8 Å². The van der Waals surface area contributed by atoms with Gasteiger partial charge in [0.2, 0.25) is 0 Å². The van der Waals surface area contributed by atoms with Crippen molar-refractivity contribution < 1.29 is 4.74 Å². The number of hydrogen-bond donors (Lipinski definition) is 2. The molecule has 86 valence electrons. The number of benzene rings is 1. The Morgan fingerprint density at radius 1 is 1.44 bits per heavy atom. The molecule has 0 unspecified atom stereocenters. The fourth-order valence-electron chi connectivity index (χ4n) is 1.43. The summed E-state index contributed by atoms with van der Waals surface area (Å²) in [6.07, 6.45) is 2.73. The van der Waals surface area contributed by atoms with Gasteiger partial charge in [-0.15, -0.1) is 0 Å². The number of nitriles is 1. The van der Waals surface area contributed by atoms with Crippen LogP contribution in [-0.4, -0.2) is 19.3 Å². The van der Waals surface area contributed by atoms with Crippen molar-refractivity contribution >= 4 is 5.69 Å². The summed E-state index contributed by atoms with van der Waals surface area (Å²) >= 11 is 0. The van der Waals surface area contributed by atoms with Crippen LogP contribution in [0.4, 0.5) is 5.69 Å². The SMILES string of the molecule is N#Cc1ccccc1N.NC[C@@H]1CCCO1. The zero-order chi connectivity index (χ0) is 11.8. The fraction of sp³-hybridized carbons (Fsp3) is 0.417. The van der Waals surface area contributed by atoms with E-state index in [2.05, 4.69) is 0 Å². The summed E-state index contributed by atoms with van der Waals surface area (Å²) in [4.78, 5) is 0. The van der Waals surface area contributed by atoms with E-state index in [4.69, 9.17) is 21.5 Å². The maximum Gasteiger partial charge on any atom is 0.101 e. The van der Waals surface area contributed by atoms with Crippen LogP contribution in [-0.2, 0) is 4.74 Å². The number of rotatable bonds is 1. The van der Waals surface area contributed by atoms with Crippen molar-refractivity contribution in [1.82, 2.24) is 0 Å². The standard InChI is InChI=1S/C7H6N2.C5H11NO/c8-5-6-3-1-2-4-7(6)9;6-4-5-2-1-3-7-5/h1-4H,9H2;5H,1-4,6H2/t;5-/m.0/s1. The average molecular weight is 219 g/mol. The van der Waals surface area contributed by atoms with E-state index in [0.29, 0.717) is 23.9 Å². The molecule has 2 rings (SSSR count). The number of hydrogen-bond acceptors (Lipinski definition) is 4. The Morgan fingerprint density at radius 2 is 2.19 bits per heavy atom. The van der Waals surface area contributed by atoms with Gasteiger partial charge in [0, 0.05) is 18.8 Å². The molecule has 1 atom stereocenters. The fourth-order valence-corrected chi connectivity index (χ4v) is 1.43. The van der Waals surface area contributed by atoms with Gasteiger partial charge in [-0.3, -0.25) is 0 Å². The zero-order valence-electron chi connectivity index (χ0n) is 9.23. The largest absolute Gasteiger partial charge is 0.398 e. The number of ether oxygens (including phenoxy) is 1. The van der Waals surface area contributed by atoms with Crippen molar-refractivity contribution in [3.63, 3.8) is 0 Å². The molecule has 0 amide bonds. The number of nitrogens with zero attached hydrogens (tertiary/aromatic N) is 1. The molecular formula is C12H17N3O. The predicted molar refractivity (Wildman–Crippen MR) is 63.6 cm³/mol. The van der Waals surface area contributed by atoms with Crippen molar-refractivity contribution in [2.24, 2.45) is 5.73 Å². The highest BCUT2D eigenvalue weighted by molar-refractivity contribution is 5.53. The van der Waals surface area contributed by atoms with E-state index in [1.165, 1.54) is 6.42 Å². The van der Waals surface area contributed by atoms with E-state index < -0.39 is 0 Å². The Morgan fingerprint density at radius 3 is 2.56 bits per heavy atom. The lowest BCUT2D eigenvalue weighted by Crippen LogP contribution is -2.17. The Kier molecular flexibility index (Phi) is 5.34. The highest BCUT2D eigenvalue weighted by Crippen LogP contribution is 2.09. The van der Waals surface area contributed by atoms with Gasteiger partial charge in [0.15, 0.2) is 0 Å². The molecule has 0 bridgehead atoms. The first-order valence-electron chi connectivity index (χ1n) is 5.34. The summed E-state index contributed by atoms with van der Waals surface area (Å²) in [5, 5.41) is 8.39. The molecule has 1 heterocycles. The molecular weight excluding hydrogens is 202 g/mol. The molecule has 0 aromatic heterocycles. The van der Waals surface area contributed by atoms with Gasteiger partial charge in [-0.25, -0.2) is 0 Å². The Bertz CT molecular complexity index is 354. The van der Waals surface area contributed by atoms with Gasteiger partial charge >= 0.3 is 0 Å². The second-order valence-electron chi connectivity index (χ2n) is 3.57. The summed E-state index contributed by atoms with van der Waals surface area (Å²) in [6.45, 7) is 1.61. The van der Waals surface area contributed by atoms with Gasteiger partial charge < -0.3 is 16.2 Å². The minimum absolute atomic E-state index is 0.375. The summed E-state index contributed by atoms with van der Waals surface area (Å²) in [5.74, 6) is 0. The van der Waals surface area contributed by atoms with E-state index in [0.717, 1.165) is 13.0 Å². The van der Waals surface area contributed by atoms with Crippen molar-refractivity contribution in [2.75, 3.05) is 18.9 Å². The van der Waals surface area contributed by atoms with E-state index in [-0.39, 0.29) is 0 Å². The molecule has 0 radical (unpaired) electrons. The minimum atomic E-state index is 0.375. The van der Waals surface area contributed by atoms with Gasteiger partial charge in [0.1, 0.15) is 6.07 Å². The molecule has 16 heavy (non-hydrogen) atoms. The molecule has 0 spiro atoms. The third-order valence-electron chi connectivity index (χ3n) is 2.37. The van der Waals surface area contributed by atoms with Crippen molar-refractivity contribution in [2.45, 2.75) is 18.9 Å². The molecule has 1 aliphatic heterocycles. The van der Waals surface area contributed by atoms with E-state index in [1.807, 2.05) is 6.07 Å². The van der Waals surface area contributed by atoms with Gasteiger partial charge in [-0.1, -0.05) is 12.1 Å².